The SMILES string of the molecule is Cc1ccc(N2CCCC2)c(C(=O)N(C)Cc2nc3c(s2)CCCC3)c1. The Kier molecular flexibility index (Phi) is 4.98. The van der Waals surface area contributed by atoms with Gasteiger partial charge in [-0.05, 0) is 57.6 Å². The fraction of sp³-hybridized carbons (Fsp3) is 0.524. The summed E-state index contributed by atoms with van der Waals surface area (Å²) in [5, 5.41) is 1.07. The lowest BCUT2D eigenvalue weighted by Gasteiger charge is -2.24. The number of rotatable bonds is 4. The first kappa shape index (κ1) is 17.5. The Bertz CT molecular complexity index is 784. The van der Waals surface area contributed by atoms with Crippen molar-refractivity contribution in [3.63, 3.8) is 0 Å². The average Bonchev–Trinajstić information content (AvgIpc) is 3.30. The molecule has 1 aliphatic heterocycles. The van der Waals surface area contributed by atoms with Gasteiger partial charge in [0.1, 0.15) is 5.01 Å². The molecule has 5 heteroatoms. The van der Waals surface area contributed by atoms with E-state index in [1.54, 1.807) is 11.3 Å². The van der Waals surface area contributed by atoms with Crippen LogP contribution in [0.2, 0.25) is 0 Å². The van der Waals surface area contributed by atoms with Gasteiger partial charge < -0.3 is 9.80 Å². The van der Waals surface area contributed by atoms with E-state index < -0.39 is 0 Å². The summed E-state index contributed by atoms with van der Waals surface area (Å²) in [7, 11) is 1.90. The summed E-state index contributed by atoms with van der Waals surface area (Å²) in [6, 6.07) is 6.27. The van der Waals surface area contributed by atoms with Crippen LogP contribution in [0.3, 0.4) is 0 Å². The number of carbonyl (C=O) groups excluding carboxylic acids is 1. The minimum absolute atomic E-state index is 0.101. The maximum Gasteiger partial charge on any atom is 0.256 e. The number of amides is 1. The Hall–Kier alpha value is -1.88. The van der Waals surface area contributed by atoms with Crippen molar-refractivity contribution < 1.29 is 4.79 Å². The zero-order chi connectivity index (χ0) is 18.1. The Morgan fingerprint density at radius 3 is 2.73 bits per heavy atom. The molecule has 4 nitrogen and oxygen atoms in total. The molecule has 2 heterocycles. The third kappa shape index (κ3) is 3.50. The lowest BCUT2D eigenvalue weighted by molar-refractivity contribution is 0.0785. The number of hydrogen-bond donors (Lipinski definition) is 0. The molecular weight excluding hydrogens is 342 g/mol. The number of nitrogens with zero attached hydrogens (tertiary/aromatic N) is 3. The zero-order valence-electron chi connectivity index (χ0n) is 15.8. The van der Waals surface area contributed by atoms with Gasteiger partial charge in [-0.25, -0.2) is 4.98 Å². The van der Waals surface area contributed by atoms with Crippen LogP contribution in [-0.2, 0) is 19.4 Å². The van der Waals surface area contributed by atoms with Gasteiger partial charge in [0.25, 0.3) is 5.91 Å². The normalized spacial score (nSPS) is 16.6. The van der Waals surface area contributed by atoms with Crippen LogP contribution in [0.15, 0.2) is 18.2 Å². The average molecular weight is 370 g/mol. The molecule has 2 aliphatic rings. The summed E-state index contributed by atoms with van der Waals surface area (Å²) in [5.41, 5.74) is 4.32. The predicted octanol–water partition coefficient (Wildman–Crippen LogP) is 4.20. The first-order chi connectivity index (χ1) is 12.6. The quantitative estimate of drug-likeness (QED) is 0.810. The Balaban J connectivity index is 1.55. The number of anilines is 1. The molecule has 0 unspecified atom stereocenters. The van der Waals surface area contributed by atoms with Gasteiger partial charge >= 0.3 is 0 Å². The van der Waals surface area contributed by atoms with Crippen molar-refractivity contribution in [3.05, 3.63) is 44.9 Å². The second kappa shape index (κ2) is 7.39. The van der Waals surface area contributed by atoms with Gasteiger partial charge in [-0.3, -0.25) is 4.79 Å². The standard InChI is InChI=1S/C21H27N3OS/c1-15-9-10-18(24-11-5-6-12-24)16(13-15)21(25)23(2)14-20-22-17-7-3-4-8-19(17)26-20/h9-10,13H,3-8,11-12,14H2,1-2H3. The zero-order valence-corrected chi connectivity index (χ0v) is 16.6. The van der Waals surface area contributed by atoms with Crippen molar-refractivity contribution >= 4 is 22.9 Å². The summed E-state index contributed by atoms with van der Waals surface area (Å²) in [6.45, 7) is 4.75. The van der Waals surface area contributed by atoms with E-state index in [1.165, 1.54) is 36.3 Å². The molecule has 1 aromatic heterocycles. The summed E-state index contributed by atoms with van der Waals surface area (Å²) in [6.07, 6.45) is 7.19. The lowest BCUT2D eigenvalue weighted by atomic mass is 10.0. The molecule has 1 amide bonds. The Morgan fingerprint density at radius 2 is 1.96 bits per heavy atom. The molecule has 0 atom stereocenters. The highest BCUT2D eigenvalue weighted by Crippen LogP contribution is 2.29. The van der Waals surface area contributed by atoms with Crippen molar-refractivity contribution in [2.45, 2.75) is 52.0 Å². The van der Waals surface area contributed by atoms with Crippen LogP contribution in [0.1, 0.15) is 57.2 Å². The molecule has 138 valence electrons. The fourth-order valence-corrected chi connectivity index (χ4v) is 5.22. The lowest BCUT2D eigenvalue weighted by Crippen LogP contribution is -2.29. The smallest absolute Gasteiger partial charge is 0.256 e. The number of hydrogen-bond acceptors (Lipinski definition) is 4. The number of thiazole rings is 1. The number of aryl methyl sites for hydroxylation is 3. The molecule has 0 spiro atoms. The van der Waals surface area contributed by atoms with Crippen molar-refractivity contribution in [1.29, 1.82) is 0 Å². The first-order valence-electron chi connectivity index (χ1n) is 9.70. The topological polar surface area (TPSA) is 36.4 Å². The highest BCUT2D eigenvalue weighted by atomic mass is 32.1. The van der Waals surface area contributed by atoms with Gasteiger partial charge in [0.15, 0.2) is 0 Å². The van der Waals surface area contributed by atoms with Crippen LogP contribution in [-0.4, -0.2) is 35.9 Å². The minimum Gasteiger partial charge on any atom is -0.371 e. The third-order valence-electron chi connectivity index (χ3n) is 5.44. The largest absolute Gasteiger partial charge is 0.371 e. The minimum atomic E-state index is 0.101. The third-order valence-corrected chi connectivity index (χ3v) is 6.58. The molecule has 0 bridgehead atoms. The second-order valence-electron chi connectivity index (χ2n) is 7.56. The maximum atomic E-state index is 13.2. The molecule has 4 rings (SSSR count). The number of aromatic nitrogens is 1. The van der Waals surface area contributed by atoms with Crippen molar-refractivity contribution in [1.82, 2.24) is 9.88 Å². The molecule has 26 heavy (non-hydrogen) atoms. The predicted molar refractivity (Wildman–Crippen MR) is 107 cm³/mol. The number of carbonyl (C=O) groups is 1. The highest BCUT2D eigenvalue weighted by molar-refractivity contribution is 7.11. The Labute approximate surface area is 159 Å². The van der Waals surface area contributed by atoms with E-state index >= 15 is 0 Å². The van der Waals surface area contributed by atoms with Crippen molar-refractivity contribution in [2.24, 2.45) is 0 Å². The van der Waals surface area contributed by atoms with Gasteiger partial charge in [-0.2, -0.15) is 0 Å². The second-order valence-corrected chi connectivity index (χ2v) is 8.73. The fourth-order valence-electron chi connectivity index (χ4n) is 4.01. The van der Waals surface area contributed by atoms with Gasteiger partial charge in [0.05, 0.1) is 17.8 Å². The van der Waals surface area contributed by atoms with E-state index in [-0.39, 0.29) is 5.91 Å². The first-order valence-corrected chi connectivity index (χ1v) is 10.5. The Morgan fingerprint density at radius 1 is 1.19 bits per heavy atom. The van der Waals surface area contributed by atoms with E-state index in [0.717, 1.165) is 47.8 Å². The van der Waals surface area contributed by atoms with E-state index in [1.807, 2.05) is 18.0 Å². The summed E-state index contributed by atoms with van der Waals surface area (Å²) < 4.78 is 0. The molecular formula is C21H27N3OS. The maximum absolute atomic E-state index is 13.2. The summed E-state index contributed by atoms with van der Waals surface area (Å²) >= 11 is 1.79. The van der Waals surface area contributed by atoms with E-state index in [2.05, 4.69) is 24.0 Å². The number of benzene rings is 1. The van der Waals surface area contributed by atoms with Crippen LogP contribution in [0.5, 0.6) is 0 Å². The molecule has 2 aromatic rings. The molecule has 1 fully saturated rings. The molecule has 1 saturated heterocycles. The molecule has 0 N–H and O–H groups in total. The highest BCUT2D eigenvalue weighted by Gasteiger charge is 2.23. The summed E-state index contributed by atoms with van der Waals surface area (Å²) in [4.78, 5) is 23.6. The van der Waals surface area contributed by atoms with E-state index in [9.17, 15) is 4.79 Å². The van der Waals surface area contributed by atoms with Crippen molar-refractivity contribution in [3.8, 4) is 0 Å². The summed E-state index contributed by atoms with van der Waals surface area (Å²) in [5.74, 6) is 0.101. The van der Waals surface area contributed by atoms with Crippen LogP contribution in [0.25, 0.3) is 0 Å². The molecule has 0 saturated carbocycles. The van der Waals surface area contributed by atoms with E-state index in [0.29, 0.717) is 6.54 Å². The van der Waals surface area contributed by atoms with Crippen molar-refractivity contribution in [2.75, 3.05) is 25.0 Å². The van der Waals surface area contributed by atoms with Crippen LogP contribution in [0, 0.1) is 6.92 Å². The molecule has 1 aromatic carbocycles. The van der Waals surface area contributed by atoms with Crippen LogP contribution in [0.4, 0.5) is 5.69 Å². The van der Waals surface area contributed by atoms with Gasteiger partial charge in [-0.1, -0.05) is 11.6 Å². The van der Waals surface area contributed by atoms with Gasteiger partial charge in [0.2, 0.25) is 0 Å². The van der Waals surface area contributed by atoms with Crippen LogP contribution < -0.4 is 4.90 Å². The number of fused-ring (bicyclic) bond motifs is 1. The molecule has 1 aliphatic carbocycles. The van der Waals surface area contributed by atoms with Gasteiger partial charge in [0, 0.05) is 30.7 Å². The molecule has 0 radical (unpaired) electrons. The van der Waals surface area contributed by atoms with E-state index in [4.69, 9.17) is 4.98 Å². The van der Waals surface area contributed by atoms with Crippen LogP contribution >= 0.6 is 11.3 Å². The van der Waals surface area contributed by atoms with Gasteiger partial charge in [-0.15, -0.1) is 11.3 Å². The monoisotopic (exact) mass is 369 g/mol.